The van der Waals surface area contributed by atoms with E-state index in [0.717, 1.165) is 19.0 Å². The van der Waals surface area contributed by atoms with E-state index in [1.807, 2.05) is 0 Å². The Balaban J connectivity index is 0.00000288. The van der Waals surface area contributed by atoms with Gasteiger partial charge >= 0.3 is 0 Å². The van der Waals surface area contributed by atoms with E-state index in [4.69, 9.17) is 5.73 Å². The third kappa shape index (κ3) is 7.83. The Kier molecular flexibility index (Phi) is 9.66. The number of piperidine rings is 1. The number of benzene rings is 1. The number of hydrogen-bond donors (Lipinski definition) is 2. The lowest BCUT2D eigenvalue weighted by Crippen LogP contribution is -2.34. The van der Waals surface area contributed by atoms with Crippen molar-refractivity contribution in [2.75, 3.05) is 19.6 Å². The first-order chi connectivity index (χ1) is 11.0. The summed E-state index contributed by atoms with van der Waals surface area (Å²) in [6.07, 6.45) is 2.64. The van der Waals surface area contributed by atoms with Gasteiger partial charge in [0.2, 0.25) is 0 Å². The molecule has 5 heteroatoms. The van der Waals surface area contributed by atoms with Crippen LogP contribution in [0.2, 0.25) is 0 Å². The van der Waals surface area contributed by atoms with Crippen molar-refractivity contribution < 1.29 is 0 Å². The topological polar surface area (TPSA) is 53.6 Å². The lowest BCUT2D eigenvalue weighted by atomic mass is 9.98. The van der Waals surface area contributed by atoms with E-state index in [2.05, 4.69) is 60.2 Å². The van der Waals surface area contributed by atoms with Gasteiger partial charge in [0.1, 0.15) is 0 Å². The standard InChI is InChI=1S/C19H32N4.HI/c1-15(2)12-21-19(20)22-13-17-5-4-6-18(11-17)14-23-9-7-16(3)8-10-23;/h4-6,11,15-16H,7-10,12-14H2,1-3H3,(H3,20,21,22);1H. The number of hydrogen-bond acceptors (Lipinski definition) is 2. The fraction of sp³-hybridized carbons (Fsp3) is 0.632. The van der Waals surface area contributed by atoms with Gasteiger partial charge in [-0.2, -0.15) is 0 Å². The zero-order valence-corrected chi connectivity index (χ0v) is 17.6. The Bertz CT molecular complexity index is 508. The van der Waals surface area contributed by atoms with Crippen molar-refractivity contribution in [1.29, 1.82) is 0 Å². The van der Waals surface area contributed by atoms with Gasteiger partial charge in [-0.1, -0.05) is 45.0 Å². The summed E-state index contributed by atoms with van der Waals surface area (Å²) in [6, 6.07) is 8.73. The minimum Gasteiger partial charge on any atom is -0.370 e. The summed E-state index contributed by atoms with van der Waals surface area (Å²) in [7, 11) is 0. The second-order valence-electron chi connectivity index (χ2n) is 7.25. The van der Waals surface area contributed by atoms with Crippen molar-refractivity contribution in [3.05, 3.63) is 35.4 Å². The number of rotatable bonds is 6. The number of nitrogens with one attached hydrogen (secondary N) is 1. The van der Waals surface area contributed by atoms with Crippen LogP contribution in [-0.4, -0.2) is 30.5 Å². The van der Waals surface area contributed by atoms with Gasteiger partial charge in [-0.15, -0.1) is 24.0 Å². The normalized spacial score (nSPS) is 16.9. The van der Waals surface area contributed by atoms with Gasteiger partial charge in [0.05, 0.1) is 6.54 Å². The Morgan fingerprint density at radius 2 is 1.96 bits per heavy atom. The zero-order chi connectivity index (χ0) is 16.7. The van der Waals surface area contributed by atoms with Crippen LogP contribution in [0.3, 0.4) is 0 Å². The second kappa shape index (κ2) is 10.9. The van der Waals surface area contributed by atoms with E-state index < -0.39 is 0 Å². The molecule has 0 aliphatic carbocycles. The molecule has 0 atom stereocenters. The average Bonchev–Trinajstić information content (AvgIpc) is 2.53. The van der Waals surface area contributed by atoms with Gasteiger partial charge in [0.15, 0.2) is 5.96 Å². The average molecular weight is 444 g/mol. The summed E-state index contributed by atoms with van der Waals surface area (Å²) in [4.78, 5) is 6.99. The van der Waals surface area contributed by atoms with Gasteiger partial charge in [0, 0.05) is 13.1 Å². The molecule has 0 unspecified atom stereocenters. The number of likely N-dealkylation sites (tertiary alicyclic amines) is 1. The van der Waals surface area contributed by atoms with Crippen LogP contribution in [0.15, 0.2) is 29.3 Å². The molecule has 1 aliphatic heterocycles. The Hall–Kier alpha value is -0.820. The van der Waals surface area contributed by atoms with Crippen LogP contribution in [0.25, 0.3) is 0 Å². The summed E-state index contributed by atoms with van der Waals surface area (Å²) < 4.78 is 0. The van der Waals surface area contributed by atoms with Crippen LogP contribution in [-0.2, 0) is 13.1 Å². The molecule has 0 radical (unpaired) electrons. The van der Waals surface area contributed by atoms with Gasteiger partial charge in [-0.3, -0.25) is 4.90 Å². The van der Waals surface area contributed by atoms with Crippen molar-refractivity contribution in [1.82, 2.24) is 10.2 Å². The summed E-state index contributed by atoms with van der Waals surface area (Å²) in [6.45, 7) is 11.7. The monoisotopic (exact) mass is 444 g/mol. The lowest BCUT2D eigenvalue weighted by Gasteiger charge is -2.30. The highest BCUT2D eigenvalue weighted by Gasteiger charge is 2.15. The molecular weight excluding hydrogens is 411 g/mol. The summed E-state index contributed by atoms with van der Waals surface area (Å²) in [5, 5.41) is 3.16. The first-order valence-corrected chi connectivity index (χ1v) is 8.87. The van der Waals surface area contributed by atoms with E-state index in [1.165, 1.54) is 37.1 Å². The van der Waals surface area contributed by atoms with Crippen molar-refractivity contribution in [3.63, 3.8) is 0 Å². The summed E-state index contributed by atoms with van der Waals surface area (Å²) >= 11 is 0. The third-order valence-corrected chi connectivity index (χ3v) is 4.40. The molecule has 0 bridgehead atoms. The van der Waals surface area contributed by atoms with E-state index in [0.29, 0.717) is 18.4 Å². The number of nitrogens with zero attached hydrogens (tertiary/aromatic N) is 2. The SMILES string of the molecule is CC(C)CNC(N)=NCc1cccc(CN2CCC(C)CC2)c1.I. The smallest absolute Gasteiger partial charge is 0.188 e. The molecule has 0 aromatic heterocycles. The molecule has 1 aliphatic rings. The molecule has 1 aromatic carbocycles. The van der Waals surface area contributed by atoms with Gasteiger partial charge in [-0.05, 0) is 48.9 Å². The van der Waals surface area contributed by atoms with E-state index in [1.54, 1.807) is 0 Å². The molecule has 24 heavy (non-hydrogen) atoms. The molecule has 1 aromatic rings. The first-order valence-electron chi connectivity index (χ1n) is 8.87. The largest absolute Gasteiger partial charge is 0.370 e. The molecule has 136 valence electrons. The number of guanidine groups is 1. The molecule has 0 amide bonds. The van der Waals surface area contributed by atoms with E-state index in [9.17, 15) is 0 Å². The number of nitrogens with two attached hydrogens (primary N) is 1. The fourth-order valence-corrected chi connectivity index (χ4v) is 2.85. The third-order valence-electron chi connectivity index (χ3n) is 4.40. The molecule has 3 N–H and O–H groups in total. The molecular formula is C19H33IN4. The molecule has 1 saturated heterocycles. The minimum atomic E-state index is 0. The highest BCUT2D eigenvalue weighted by molar-refractivity contribution is 14.0. The predicted octanol–water partition coefficient (Wildman–Crippen LogP) is 3.60. The molecule has 1 fully saturated rings. The maximum absolute atomic E-state index is 5.90. The van der Waals surface area contributed by atoms with Gasteiger partial charge < -0.3 is 11.1 Å². The van der Waals surface area contributed by atoms with Crippen molar-refractivity contribution in [2.45, 2.75) is 46.7 Å². The van der Waals surface area contributed by atoms with Crippen LogP contribution in [0.5, 0.6) is 0 Å². The predicted molar refractivity (Wildman–Crippen MR) is 114 cm³/mol. The quantitative estimate of drug-likeness (QED) is 0.401. The molecule has 0 saturated carbocycles. The highest BCUT2D eigenvalue weighted by Crippen LogP contribution is 2.18. The van der Waals surface area contributed by atoms with E-state index >= 15 is 0 Å². The van der Waals surface area contributed by atoms with Crippen molar-refractivity contribution >= 4 is 29.9 Å². The summed E-state index contributed by atoms with van der Waals surface area (Å²) in [5.41, 5.74) is 8.50. The van der Waals surface area contributed by atoms with Gasteiger partial charge in [-0.25, -0.2) is 4.99 Å². The van der Waals surface area contributed by atoms with Crippen LogP contribution in [0, 0.1) is 11.8 Å². The minimum absolute atomic E-state index is 0. The maximum Gasteiger partial charge on any atom is 0.188 e. The molecule has 0 spiro atoms. The van der Waals surface area contributed by atoms with E-state index in [-0.39, 0.29) is 24.0 Å². The Morgan fingerprint density at radius 1 is 1.29 bits per heavy atom. The molecule has 4 nitrogen and oxygen atoms in total. The van der Waals surface area contributed by atoms with Crippen LogP contribution in [0.4, 0.5) is 0 Å². The lowest BCUT2D eigenvalue weighted by molar-refractivity contribution is 0.185. The molecule has 2 rings (SSSR count). The molecule has 1 heterocycles. The summed E-state index contributed by atoms with van der Waals surface area (Å²) in [5.74, 6) is 1.99. The maximum atomic E-state index is 5.90. The van der Waals surface area contributed by atoms with Crippen molar-refractivity contribution in [3.8, 4) is 0 Å². The Labute approximate surface area is 164 Å². The Morgan fingerprint density at radius 3 is 2.62 bits per heavy atom. The number of aliphatic imine (C=N–C) groups is 1. The van der Waals surface area contributed by atoms with Crippen LogP contribution < -0.4 is 11.1 Å². The second-order valence-corrected chi connectivity index (χ2v) is 7.25. The fourth-order valence-electron chi connectivity index (χ4n) is 2.85. The highest BCUT2D eigenvalue weighted by atomic mass is 127. The van der Waals surface area contributed by atoms with Crippen LogP contribution in [0.1, 0.15) is 44.7 Å². The first kappa shape index (κ1) is 21.2. The van der Waals surface area contributed by atoms with Crippen molar-refractivity contribution in [2.24, 2.45) is 22.6 Å². The zero-order valence-electron chi connectivity index (χ0n) is 15.3. The van der Waals surface area contributed by atoms with Crippen LogP contribution >= 0.6 is 24.0 Å². The number of halogens is 1. The van der Waals surface area contributed by atoms with Gasteiger partial charge in [0.25, 0.3) is 0 Å².